The van der Waals surface area contributed by atoms with Crippen molar-refractivity contribution in [1.29, 1.82) is 5.26 Å². The third-order valence-electron chi connectivity index (χ3n) is 1.46. The Kier molecular flexibility index (Phi) is 2.55. The van der Waals surface area contributed by atoms with Crippen LogP contribution < -0.4 is 5.73 Å². The highest BCUT2D eigenvalue weighted by molar-refractivity contribution is 9.10. The van der Waals surface area contributed by atoms with Gasteiger partial charge in [-0.15, -0.1) is 0 Å². The zero-order chi connectivity index (χ0) is 9.30. The van der Waals surface area contributed by atoms with Crippen LogP contribution in [0.4, 0.5) is 5.69 Å². The van der Waals surface area contributed by atoms with Gasteiger partial charge in [0, 0.05) is 10.0 Å². The summed E-state index contributed by atoms with van der Waals surface area (Å²) in [6.45, 7) is 1.75. The first-order valence-electron chi connectivity index (χ1n) is 3.09. The van der Waals surface area contributed by atoms with Crippen LogP contribution in [0.3, 0.4) is 0 Å². The number of rotatable bonds is 0. The highest BCUT2D eigenvalue weighted by Crippen LogP contribution is 2.30. The Morgan fingerprint density at radius 2 is 2.25 bits per heavy atom. The fraction of sp³-hybridized carbons (Fsp3) is 0.143. The molecule has 1 rings (SSSR count). The van der Waals surface area contributed by atoms with Gasteiger partial charge in [-0.05, 0) is 22.9 Å². The Balaban J connectivity index is 3.52. The van der Waals surface area contributed by atoms with Crippen LogP contribution in [-0.4, -0.2) is 4.98 Å². The molecule has 0 amide bonds. The van der Waals surface area contributed by atoms with E-state index in [1.54, 1.807) is 6.92 Å². The highest BCUT2D eigenvalue weighted by Gasteiger charge is 2.10. The lowest BCUT2D eigenvalue weighted by atomic mass is 10.2. The summed E-state index contributed by atoms with van der Waals surface area (Å²) in [5.74, 6) is 0. The first-order chi connectivity index (χ1) is 5.57. The zero-order valence-electron chi connectivity index (χ0n) is 6.23. The molecule has 0 aliphatic rings. The van der Waals surface area contributed by atoms with Crippen LogP contribution in [0, 0.1) is 18.3 Å². The van der Waals surface area contributed by atoms with Gasteiger partial charge in [0.2, 0.25) is 0 Å². The maximum Gasteiger partial charge on any atom is 0.154 e. The van der Waals surface area contributed by atoms with Crippen molar-refractivity contribution >= 4 is 33.2 Å². The molecule has 0 bridgehead atoms. The molecular formula is C7H5BrClN3. The molecule has 0 aromatic carbocycles. The number of nitrogens with two attached hydrogens (primary N) is 1. The number of hydrogen-bond acceptors (Lipinski definition) is 3. The molecule has 0 atom stereocenters. The highest BCUT2D eigenvalue weighted by atomic mass is 79.9. The molecule has 2 N–H and O–H groups in total. The molecule has 0 aliphatic heterocycles. The molecular weight excluding hydrogens is 241 g/mol. The van der Waals surface area contributed by atoms with Gasteiger partial charge < -0.3 is 5.73 Å². The minimum atomic E-state index is 0.157. The van der Waals surface area contributed by atoms with E-state index in [4.69, 9.17) is 22.6 Å². The van der Waals surface area contributed by atoms with Crippen LogP contribution in [-0.2, 0) is 0 Å². The molecule has 0 saturated carbocycles. The van der Waals surface area contributed by atoms with E-state index < -0.39 is 0 Å². The molecule has 0 saturated heterocycles. The number of nitrogens with zero attached hydrogens (tertiary/aromatic N) is 2. The van der Waals surface area contributed by atoms with Crippen LogP contribution in [0.1, 0.15) is 11.3 Å². The van der Waals surface area contributed by atoms with E-state index >= 15 is 0 Å². The lowest BCUT2D eigenvalue weighted by Crippen LogP contribution is -1.97. The van der Waals surface area contributed by atoms with Gasteiger partial charge in [0.15, 0.2) is 5.15 Å². The normalized spacial score (nSPS) is 9.50. The monoisotopic (exact) mass is 245 g/mol. The second-order valence-electron chi connectivity index (χ2n) is 2.22. The number of anilines is 1. The van der Waals surface area contributed by atoms with E-state index in [-0.39, 0.29) is 5.15 Å². The van der Waals surface area contributed by atoms with Crippen LogP contribution in [0.25, 0.3) is 0 Å². The van der Waals surface area contributed by atoms with Crippen LogP contribution in [0.5, 0.6) is 0 Å². The molecule has 5 heteroatoms. The Morgan fingerprint density at radius 1 is 1.67 bits per heavy atom. The summed E-state index contributed by atoms with van der Waals surface area (Å²) in [7, 11) is 0. The van der Waals surface area contributed by atoms with Crippen LogP contribution in [0.15, 0.2) is 4.47 Å². The van der Waals surface area contributed by atoms with Crippen molar-refractivity contribution in [2.24, 2.45) is 0 Å². The molecule has 3 nitrogen and oxygen atoms in total. The van der Waals surface area contributed by atoms with Gasteiger partial charge in [0.25, 0.3) is 0 Å². The lowest BCUT2D eigenvalue weighted by Gasteiger charge is -2.04. The van der Waals surface area contributed by atoms with Gasteiger partial charge in [-0.3, -0.25) is 0 Å². The topological polar surface area (TPSA) is 62.7 Å². The quantitative estimate of drug-likeness (QED) is 0.714. The summed E-state index contributed by atoms with van der Waals surface area (Å²) < 4.78 is 0.638. The first kappa shape index (κ1) is 9.30. The molecule has 1 aromatic rings. The summed E-state index contributed by atoms with van der Waals surface area (Å²) in [6, 6.07) is 1.92. The standard InChI is InChI=1S/C7H5BrClN3/c1-3-4(2-10)12-7(9)6(11)5(3)8/h11H2,1H3. The second-order valence-corrected chi connectivity index (χ2v) is 3.37. The maximum absolute atomic E-state index is 8.63. The smallest absolute Gasteiger partial charge is 0.154 e. The number of hydrogen-bond donors (Lipinski definition) is 1. The predicted octanol–water partition coefficient (Wildman–Crippen LogP) is 2.26. The Labute approximate surface area is 83.3 Å². The minimum absolute atomic E-state index is 0.157. The van der Waals surface area contributed by atoms with E-state index in [1.165, 1.54) is 0 Å². The number of nitriles is 1. The summed E-state index contributed by atoms with van der Waals surface area (Å²) in [5.41, 5.74) is 6.92. The number of pyridine rings is 1. The van der Waals surface area contributed by atoms with Crippen molar-refractivity contribution in [3.63, 3.8) is 0 Å². The van der Waals surface area contributed by atoms with E-state index in [0.29, 0.717) is 21.4 Å². The number of aromatic nitrogens is 1. The summed E-state index contributed by atoms with van der Waals surface area (Å²) in [5, 5.41) is 8.78. The Morgan fingerprint density at radius 3 is 2.75 bits per heavy atom. The average Bonchev–Trinajstić information content (AvgIpc) is 2.08. The number of halogens is 2. The minimum Gasteiger partial charge on any atom is -0.395 e. The van der Waals surface area contributed by atoms with Crippen molar-refractivity contribution in [2.45, 2.75) is 6.92 Å². The van der Waals surface area contributed by atoms with Gasteiger partial charge in [-0.2, -0.15) is 5.26 Å². The van der Waals surface area contributed by atoms with Crippen LogP contribution >= 0.6 is 27.5 Å². The Hall–Kier alpha value is -0.790. The fourth-order valence-electron chi connectivity index (χ4n) is 0.748. The summed E-state index contributed by atoms with van der Waals surface area (Å²) in [4.78, 5) is 3.80. The van der Waals surface area contributed by atoms with Gasteiger partial charge in [-0.1, -0.05) is 11.6 Å². The predicted molar refractivity (Wildman–Crippen MR) is 50.8 cm³/mol. The maximum atomic E-state index is 8.63. The van der Waals surface area contributed by atoms with Crippen molar-refractivity contribution < 1.29 is 0 Å². The summed E-state index contributed by atoms with van der Waals surface area (Å²) in [6.07, 6.45) is 0. The molecule has 0 unspecified atom stereocenters. The van der Waals surface area contributed by atoms with Gasteiger partial charge in [0.1, 0.15) is 11.8 Å². The SMILES string of the molecule is Cc1c(C#N)nc(Cl)c(N)c1Br. The molecule has 12 heavy (non-hydrogen) atoms. The average molecular weight is 246 g/mol. The van der Waals surface area contributed by atoms with E-state index in [2.05, 4.69) is 20.9 Å². The van der Waals surface area contributed by atoms with E-state index in [9.17, 15) is 0 Å². The molecule has 0 spiro atoms. The molecule has 1 heterocycles. The molecule has 0 radical (unpaired) electrons. The van der Waals surface area contributed by atoms with Crippen molar-refractivity contribution in [2.75, 3.05) is 5.73 Å². The van der Waals surface area contributed by atoms with E-state index in [1.807, 2.05) is 6.07 Å². The Bertz CT molecular complexity index is 370. The molecule has 0 fully saturated rings. The van der Waals surface area contributed by atoms with Crippen LogP contribution in [0.2, 0.25) is 5.15 Å². The van der Waals surface area contributed by atoms with E-state index in [0.717, 1.165) is 0 Å². The first-order valence-corrected chi connectivity index (χ1v) is 4.26. The lowest BCUT2D eigenvalue weighted by molar-refractivity contribution is 1.20. The summed E-state index contributed by atoms with van der Waals surface area (Å²) >= 11 is 8.87. The van der Waals surface area contributed by atoms with Gasteiger partial charge in [-0.25, -0.2) is 4.98 Å². The second kappa shape index (κ2) is 3.30. The molecule has 62 valence electrons. The zero-order valence-corrected chi connectivity index (χ0v) is 8.57. The van der Waals surface area contributed by atoms with Crippen molar-refractivity contribution in [1.82, 2.24) is 4.98 Å². The van der Waals surface area contributed by atoms with Gasteiger partial charge >= 0.3 is 0 Å². The third kappa shape index (κ3) is 1.38. The molecule has 1 aromatic heterocycles. The fourth-order valence-corrected chi connectivity index (χ4v) is 1.42. The number of nitrogen functional groups attached to an aromatic ring is 1. The molecule has 0 aliphatic carbocycles. The third-order valence-corrected chi connectivity index (χ3v) is 2.77. The van der Waals surface area contributed by atoms with Crippen molar-refractivity contribution in [3.05, 3.63) is 20.9 Å². The van der Waals surface area contributed by atoms with Crippen molar-refractivity contribution in [3.8, 4) is 6.07 Å². The van der Waals surface area contributed by atoms with Gasteiger partial charge in [0.05, 0.1) is 5.69 Å². The largest absolute Gasteiger partial charge is 0.395 e.